The second kappa shape index (κ2) is 6.57. The molecule has 1 fully saturated rings. The minimum Gasteiger partial charge on any atom is -0.378 e. The van der Waals surface area contributed by atoms with Crippen LogP contribution in [0.1, 0.15) is 25.1 Å². The molecule has 5 nitrogen and oxygen atoms in total. The highest BCUT2D eigenvalue weighted by molar-refractivity contribution is 5.83. The maximum Gasteiger partial charge on any atom is 0.198 e. The highest BCUT2D eigenvalue weighted by Crippen LogP contribution is 2.18. The number of aryl methyl sites for hydroxylation is 1. The summed E-state index contributed by atoms with van der Waals surface area (Å²) in [4.78, 5) is 19.9. The van der Waals surface area contributed by atoms with Gasteiger partial charge in [0.25, 0.3) is 0 Å². The lowest BCUT2D eigenvalue weighted by atomic mass is 10.1. The average Bonchev–Trinajstić information content (AvgIpc) is 2.50. The van der Waals surface area contributed by atoms with Gasteiger partial charge in [0.1, 0.15) is 31.8 Å². The quantitative estimate of drug-likeness (QED) is 0.886. The van der Waals surface area contributed by atoms with E-state index in [9.17, 15) is 4.79 Å². The Morgan fingerprint density at radius 1 is 1.25 bits per heavy atom. The van der Waals surface area contributed by atoms with Gasteiger partial charge in [-0.15, -0.1) is 0 Å². The van der Waals surface area contributed by atoms with Crippen molar-refractivity contribution in [3.8, 4) is 0 Å². The lowest BCUT2D eigenvalue weighted by Crippen LogP contribution is -3.14. The van der Waals surface area contributed by atoms with Crippen molar-refractivity contribution in [1.82, 2.24) is 4.98 Å². The molecule has 0 bridgehead atoms. The number of rotatable bonds is 3. The third-order valence-corrected chi connectivity index (χ3v) is 4.86. The minimum atomic E-state index is 0.157. The summed E-state index contributed by atoms with van der Waals surface area (Å²) in [7, 11) is 3.98. The van der Waals surface area contributed by atoms with Crippen LogP contribution in [0.3, 0.4) is 0 Å². The van der Waals surface area contributed by atoms with Crippen molar-refractivity contribution < 1.29 is 9.64 Å². The first kappa shape index (κ1) is 17.0. The van der Waals surface area contributed by atoms with Crippen molar-refractivity contribution >= 4 is 16.6 Å². The van der Waals surface area contributed by atoms with Gasteiger partial charge in [0.15, 0.2) is 5.43 Å². The highest BCUT2D eigenvalue weighted by Gasteiger charge is 2.27. The van der Waals surface area contributed by atoms with Crippen LogP contribution in [0.25, 0.3) is 10.9 Å². The number of morpholine rings is 1. The second-order valence-corrected chi connectivity index (χ2v) is 7.27. The Bertz CT molecular complexity index is 787. The summed E-state index contributed by atoms with van der Waals surface area (Å²) in [6.45, 7) is 8.86. The fourth-order valence-electron chi connectivity index (χ4n) is 3.71. The fourth-order valence-corrected chi connectivity index (χ4v) is 3.71. The Hall–Kier alpha value is -1.85. The summed E-state index contributed by atoms with van der Waals surface area (Å²) in [6.07, 6.45) is 0.480. The largest absolute Gasteiger partial charge is 0.378 e. The molecular formula is C19H28N3O2+. The van der Waals surface area contributed by atoms with Gasteiger partial charge >= 0.3 is 0 Å². The Labute approximate surface area is 143 Å². The van der Waals surface area contributed by atoms with E-state index >= 15 is 0 Å². The number of aromatic amines is 1. The predicted molar refractivity (Wildman–Crippen MR) is 98.0 cm³/mol. The summed E-state index contributed by atoms with van der Waals surface area (Å²) < 4.78 is 5.81. The molecule has 3 rings (SSSR count). The van der Waals surface area contributed by atoms with Gasteiger partial charge in [-0.05, 0) is 39.0 Å². The van der Waals surface area contributed by atoms with E-state index in [2.05, 4.69) is 18.8 Å². The van der Waals surface area contributed by atoms with E-state index in [1.165, 1.54) is 4.90 Å². The standard InChI is InChI=1S/C19H27N3O2/c1-12-9-22(10-13(2)24-12)11-17-14(3)20-18-7-6-15(21(4)5)8-16(18)19(17)23/h6-8,12-13H,9-11H2,1-5H3,(H,20,23)/p+1/t12-,13-/m0/s1. The van der Waals surface area contributed by atoms with E-state index in [-0.39, 0.29) is 17.6 Å². The number of fused-ring (bicyclic) bond motifs is 1. The number of ether oxygens (including phenoxy) is 1. The number of benzene rings is 1. The zero-order valence-electron chi connectivity index (χ0n) is 15.3. The van der Waals surface area contributed by atoms with Gasteiger partial charge in [0, 0.05) is 36.4 Å². The number of hydrogen-bond donors (Lipinski definition) is 2. The van der Waals surface area contributed by atoms with Crippen LogP contribution >= 0.6 is 0 Å². The maximum atomic E-state index is 13.1. The SMILES string of the molecule is Cc1[nH]c2ccc(N(C)C)cc2c(=O)c1C[NH+]1C[C@H](C)O[C@@H](C)C1. The van der Waals surface area contributed by atoms with Crippen LogP contribution in [0, 0.1) is 6.92 Å². The zero-order chi connectivity index (χ0) is 17.4. The molecule has 130 valence electrons. The van der Waals surface area contributed by atoms with E-state index in [1.807, 2.05) is 44.1 Å². The Kier molecular flexibility index (Phi) is 4.65. The molecule has 2 atom stereocenters. The van der Waals surface area contributed by atoms with Gasteiger partial charge in [0.05, 0.1) is 5.56 Å². The third-order valence-electron chi connectivity index (χ3n) is 4.86. The Morgan fingerprint density at radius 2 is 1.92 bits per heavy atom. The molecule has 1 aromatic heterocycles. The predicted octanol–water partition coefficient (Wildman–Crippen LogP) is 1.09. The molecular weight excluding hydrogens is 302 g/mol. The first-order chi connectivity index (χ1) is 11.3. The Balaban J connectivity index is 1.99. The molecule has 0 amide bonds. The minimum absolute atomic E-state index is 0.157. The molecule has 0 aliphatic carbocycles. The van der Waals surface area contributed by atoms with Crippen LogP contribution in [0.4, 0.5) is 5.69 Å². The molecule has 1 aliphatic rings. The van der Waals surface area contributed by atoms with Crippen LogP contribution in [-0.2, 0) is 11.3 Å². The number of nitrogens with zero attached hydrogens (tertiary/aromatic N) is 1. The van der Waals surface area contributed by atoms with Gasteiger partial charge in [-0.2, -0.15) is 0 Å². The number of nitrogens with one attached hydrogen (secondary N) is 2. The first-order valence-corrected chi connectivity index (χ1v) is 8.67. The van der Waals surface area contributed by atoms with Crippen LogP contribution in [0.2, 0.25) is 0 Å². The summed E-state index contributed by atoms with van der Waals surface area (Å²) >= 11 is 0. The van der Waals surface area contributed by atoms with Crippen molar-refractivity contribution in [2.75, 3.05) is 32.1 Å². The van der Waals surface area contributed by atoms with Crippen molar-refractivity contribution in [2.24, 2.45) is 0 Å². The van der Waals surface area contributed by atoms with Crippen molar-refractivity contribution in [2.45, 2.75) is 39.5 Å². The number of quaternary nitrogens is 1. The van der Waals surface area contributed by atoms with Gasteiger partial charge in [0.2, 0.25) is 0 Å². The zero-order valence-corrected chi connectivity index (χ0v) is 15.3. The van der Waals surface area contributed by atoms with E-state index in [1.54, 1.807) is 0 Å². The van der Waals surface area contributed by atoms with Crippen molar-refractivity contribution in [3.63, 3.8) is 0 Å². The topological polar surface area (TPSA) is 49.8 Å². The number of aromatic nitrogens is 1. The van der Waals surface area contributed by atoms with Crippen LogP contribution in [0.5, 0.6) is 0 Å². The van der Waals surface area contributed by atoms with E-state index in [4.69, 9.17) is 4.74 Å². The average molecular weight is 330 g/mol. The molecule has 0 spiro atoms. The third kappa shape index (κ3) is 3.32. The molecule has 1 saturated heterocycles. The molecule has 5 heteroatoms. The van der Waals surface area contributed by atoms with Crippen LogP contribution in [-0.4, -0.2) is 44.4 Å². The van der Waals surface area contributed by atoms with Crippen LogP contribution < -0.4 is 15.2 Å². The molecule has 1 aromatic carbocycles. The molecule has 1 aliphatic heterocycles. The smallest absolute Gasteiger partial charge is 0.198 e. The number of anilines is 1. The molecule has 24 heavy (non-hydrogen) atoms. The normalized spacial score (nSPS) is 24.3. The second-order valence-electron chi connectivity index (χ2n) is 7.27. The summed E-state index contributed by atoms with van der Waals surface area (Å²) in [5.74, 6) is 0. The van der Waals surface area contributed by atoms with Gasteiger partial charge in [-0.25, -0.2) is 0 Å². The lowest BCUT2D eigenvalue weighted by molar-refractivity contribution is -0.928. The molecule has 0 saturated carbocycles. The molecule has 0 unspecified atom stereocenters. The van der Waals surface area contributed by atoms with E-state index in [0.29, 0.717) is 0 Å². The molecule has 2 N–H and O–H groups in total. The monoisotopic (exact) mass is 330 g/mol. The fraction of sp³-hybridized carbons (Fsp3) is 0.526. The van der Waals surface area contributed by atoms with Crippen molar-refractivity contribution in [3.05, 3.63) is 39.7 Å². The Morgan fingerprint density at radius 3 is 2.54 bits per heavy atom. The molecule has 2 heterocycles. The number of pyridine rings is 1. The number of H-pyrrole nitrogens is 1. The van der Waals surface area contributed by atoms with E-state index in [0.717, 1.165) is 47.5 Å². The van der Waals surface area contributed by atoms with Gasteiger partial charge in [-0.1, -0.05) is 0 Å². The highest BCUT2D eigenvalue weighted by atomic mass is 16.5. The number of hydrogen-bond acceptors (Lipinski definition) is 3. The molecule has 2 aromatic rings. The van der Waals surface area contributed by atoms with Crippen molar-refractivity contribution in [1.29, 1.82) is 0 Å². The first-order valence-electron chi connectivity index (χ1n) is 8.67. The lowest BCUT2D eigenvalue weighted by Gasteiger charge is -2.32. The maximum absolute atomic E-state index is 13.1. The summed E-state index contributed by atoms with van der Waals surface area (Å²) in [6, 6.07) is 6.01. The van der Waals surface area contributed by atoms with Gasteiger partial charge < -0.3 is 19.5 Å². The summed E-state index contributed by atoms with van der Waals surface area (Å²) in [5, 5.41) is 0.774. The molecule has 0 radical (unpaired) electrons. The van der Waals surface area contributed by atoms with E-state index < -0.39 is 0 Å². The summed E-state index contributed by atoms with van der Waals surface area (Å²) in [5.41, 5.74) is 3.98. The van der Waals surface area contributed by atoms with Gasteiger partial charge in [-0.3, -0.25) is 4.79 Å². The van der Waals surface area contributed by atoms with Crippen LogP contribution in [0.15, 0.2) is 23.0 Å².